The fourth-order valence-electron chi connectivity index (χ4n) is 0.786. The quantitative estimate of drug-likeness (QED) is 0.604. The molecule has 0 saturated carbocycles. The zero-order chi connectivity index (χ0) is 8.91. The van der Waals surface area contributed by atoms with Gasteiger partial charge in [-0.15, -0.1) is 11.8 Å². The Balaban J connectivity index is 3.67. The van der Waals surface area contributed by atoms with Crippen molar-refractivity contribution in [3.8, 4) is 11.8 Å². The van der Waals surface area contributed by atoms with Crippen molar-refractivity contribution in [2.24, 2.45) is 11.1 Å². The first kappa shape index (κ1) is 10.5. The highest BCUT2D eigenvalue weighted by Crippen LogP contribution is 2.20. The van der Waals surface area contributed by atoms with Gasteiger partial charge in [-0.3, -0.25) is 0 Å². The first-order chi connectivity index (χ1) is 4.98. The van der Waals surface area contributed by atoms with Gasteiger partial charge in [0.25, 0.3) is 0 Å². The monoisotopic (exact) mass is 153 g/mol. The normalized spacial score (nSPS) is 13.5. The van der Waals surface area contributed by atoms with Crippen LogP contribution in [0, 0.1) is 17.3 Å². The molecule has 0 aromatic rings. The van der Waals surface area contributed by atoms with Crippen molar-refractivity contribution in [1.82, 2.24) is 0 Å². The van der Waals surface area contributed by atoms with Gasteiger partial charge in [-0.1, -0.05) is 20.8 Å². The maximum absolute atomic E-state index is 5.92. The third kappa shape index (κ3) is 4.86. The molecule has 1 heteroatoms. The van der Waals surface area contributed by atoms with Gasteiger partial charge in [-0.25, -0.2) is 0 Å². The van der Waals surface area contributed by atoms with E-state index in [0.717, 1.165) is 12.8 Å². The lowest BCUT2D eigenvalue weighted by atomic mass is 9.85. The summed E-state index contributed by atoms with van der Waals surface area (Å²) in [4.78, 5) is 0. The van der Waals surface area contributed by atoms with Gasteiger partial charge < -0.3 is 5.73 Å². The maximum atomic E-state index is 5.92. The minimum absolute atomic E-state index is 0.218. The zero-order valence-corrected chi connectivity index (χ0v) is 8.07. The summed E-state index contributed by atoms with van der Waals surface area (Å²) in [5.74, 6) is 5.89. The van der Waals surface area contributed by atoms with Crippen LogP contribution in [-0.4, -0.2) is 6.04 Å². The maximum Gasteiger partial charge on any atom is 0.0103 e. The molecule has 0 aliphatic heterocycles. The summed E-state index contributed by atoms with van der Waals surface area (Å²) in [5, 5.41) is 0. The molecule has 0 saturated heterocycles. The van der Waals surface area contributed by atoms with E-state index in [2.05, 4.69) is 32.6 Å². The van der Waals surface area contributed by atoms with Crippen molar-refractivity contribution in [2.45, 2.75) is 46.6 Å². The van der Waals surface area contributed by atoms with Crippen LogP contribution in [0.5, 0.6) is 0 Å². The Morgan fingerprint density at radius 2 is 1.91 bits per heavy atom. The average Bonchev–Trinajstić information content (AvgIpc) is 1.86. The number of hydrogen-bond acceptors (Lipinski definition) is 1. The summed E-state index contributed by atoms with van der Waals surface area (Å²) < 4.78 is 0. The Labute approximate surface area is 70.4 Å². The van der Waals surface area contributed by atoms with Crippen LogP contribution in [0.2, 0.25) is 0 Å². The molecule has 0 aliphatic carbocycles. The fourth-order valence-corrected chi connectivity index (χ4v) is 0.786. The molecule has 11 heavy (non-hydrogen) atoms. The molecule has 0 fully saturated rings. The predicted molar refractivity (Wildman–Crippen MR) is 50.1 cm³/mol. The highest BCUT2D eigenvalue weighted by atomic mass is 14.7. The Hall–Kier alpha value is -0.480. The van der Waals surface area contributed by atoms with Gasteiger partial charge in [-0.05, 0) is 18.8 Å². The fraction of sp³-hybridized carbons (Fsp3) is 0.800. The predicted octanol–water partition coefficient (Wildman–Crippen LogP) is 2.16. The molecule has 0 radical (unpaired) electrons. The lowest BCUT2D eigenvalue weighted by Gasteiger charge is -2.26. The highest BCUT2D eigenvalue weighted by Gasteiger charge is 2.19. The summed E-state index contributed by atoms with van der Waals surface area (Å²) in [6.45, 7) is 8.35. The minimum atomic E-state index is 0.218. The van der Waals surface area contributed by atoms with Crippen molar-refractivity contribution in [3.63, 3.8) is 0 Å². The lowest BCUT2D eigenvalue weighted by molar-refractivity contribution is 0.308. The topological polar surface area (TPSA) is 26.0 Å². The Bertz CT molecular complexity index is 154. The number of rotatable bonds is 2. The number of nitrogens with two attached hydrogens (primary N) is 1. The van der Waals surface area contributed by atoms with Crippen LogP contribution < -0.4 is 5.73 Å². The standard InChI is InChI=1S/C10H19N/c1-5-6-7-8-9(11)10(2,3)4/h9H,7-8,11H2,1-4H3. The van der Waals surface area contributed by atoms with E-state index < -0.39 is 0 Å². The zero-order valence-electron chi connectivity index (χ0n) is 8.07. The molecular weight excluding hydrogens is 134 g/mol. The molecular formula is C10H19N. The smallest absolute Gasteiger partial charge is 0.0103 e. The summed E-state index contributed by atoms with van der Waals surface area (Å²) in [5.41, 5.74) is 6.14. The van der Waals surface area contributed by atoms with Crippen molar-refractivity contribution in [3.05, 3.63) is 0 Å². The van der Waals surface area contributed by atoms with Crippen molar-refractivity contribution in [1.29, 1.82) is 0 Å². The molecule has 0 rings (SSSR count). The van der Waals surface area contributed by atoms with E-state index in [4.69, 9.17) is 5.73 Å². The first-order valence-electron chi connectivity index (χ1n) is 4.13. The third-order valence-corrected chi connectivity index (χ3v) is 1.87. The van der Waals surface area contributed by atoms with Crippen molar-refractivity contribution < 1.29 is 0 Å². The van der Waals surface area contributed by atoms with E-state index in [1.54, 1.807) is 0 Å². The van der Waals surface area contributed by atoms with Crippen LogP contribution >= 0.6 is 0 Å². The van der Waals surface area contributed by atoms with Gasteiger partial charge in [0.1, 0.15) is 0 Å². The molecule has 1 nitrogen and oxygen atoms in total. The van der Waals surface area contributed by atoms with E-state index >= 15 is 0 Å². The summed E-state index contributed by atoms with van der Waals surface area (Å²) in [6, 6.07) is 0.267. The molecule has 0 aromatic heterocycles. The molecule has 0 spiro atoms. The molecule has 0 heterocycles. The van der Waals surface area contributed by atoms with Crippen LogP contribution in [0.3, 0.4) is 0 Å². The van der Waals surface area contributed by atoms with E-state index in [0.29, 0.717) is 0 Å². The Morgan fingerprint density at radius 3 is 2.27 bits per heavy atom. The van der Waals surface area contributed by atoms with Crippen LogP contribution in [0.4, 0.5) is 0 Å². The van der Waals surface area contributed by atoms with Crippen LogP contribution in [0.25, 0.3) is 0 Å². The van der Waals surface area contributed by atoms with E-state index in [9.17, 15) is 0 Å². The largest absolute Gasteiger partial charge is 0.327 e. The second kappa shape index (κ2) is 4.41. The molecule has 1 atom stereocenters. The second-order valence-electron chi connectivity index (χ2n) is 3.94. The van der Waals surface area contributed by atoms with Gasteiger partial charge >= 0.3 is 0 Å². The minimum Gasteiger partial charge on any atom is -0.327 e. The summed E-state index contributed by atoms with van der Waals surface area (Å²) >= 11 is 0. The van der Waals surface area contributed by atoms with Gasteiger partial charge in [-0.2, -0.15) is 0 Å². The Morgan fingerprint density at radius 1 is 1.36 bits per heavy atom. The van der Waals surface area contributed by atoms with Gasteiger partial charge in [0.2, 0.25) is 0 Å². The molecule has 0 amide bonds. The molecule has 2 N–H and O–H groups in total. The lowest BCUT2D eigenvalue weighted by Crippen LogP contribution is -2.34. The van der Waals surface area contributed by atoms with E-state index in [1.165, 1.54) is 0 Å². The van der Waals surface area contributed by atoms with E-state index in [-0.39, 0.29) is 11.5 Å². The third-order valence-electron chi connectivity index (χ3n) is 1.87. The summed E-state index contributed by atoms with van der Waals surface area (Å²) in [6.07, 6.45) is 1.93. The van der Waals surface area contributed by atoms with Gasteiger partial charge in [0.05, 0.1) is 0 Å². The highest BCUT2D eigenvalue weighted by molar-refractivity contribution is 4.96. The molecule has 0 aromatic carbocycles. The summed E-state index contributed by atoms with van der Waals surface area (Å²) in [7, 11) is 0. The van der Waals surface area contributed by atoms with Crippen LogP contribution in [0.15, 0.2) is 0 Å². The van der Waals surface area contributed by atoms with Crippen LogP contribution in [0.1, 0.15) is 40.5 Å². The SMILES string of the molecule is CC#CCCC(N)C(C)(C)C. The van der Waals surface area contributed by atoms with Crippen molar-refractivity contribution >= 4 is 0 Å². The van der Waals surface area contributed by atoms with E-state index in [1.807, 2.05) is 6.92 Å². The van der Waals surface area contributed by atoms with Crippen LogP contribution in [-0.2, 0) is 0 Å². The molecule has 0 aliphatic rings. The first-order valence-corrected chi connectivity index (χ1v) is 4.13. The molecule has 1 unspecified atom stereocenters. The average molecular weight is 153 g/mol. The molecule has 64 valence electrons. The second-order valence-corrected chi connectivity index (χ2v) is 3.94. The number of hydrogen-bond donors (Lipinski definition) is 1. The van der Waals surface area contributed by atoms with Gasteiger partial charge in [0, 0.05) is 12.5 Å². The molecule has 0 bridgehead atoms. The van der Waals surface area contributed by atoms with Crippen molar-refractivity contribution in [2.75, 3.05) is 0 Å². The Kier molecular flexibility index (Phi) is 4.22. The van der Waals surface area contributed by atoms with Gasteiger partial charge in [0.15, 0.2) is 0 Å².